The third-order valence-corrected chi connectivity index (χ3v) is 3.52. The van der Waals surface area contributed by atoms with Crippen LogP contribution in [0.1, 0.15) is 12.0 Å². The number of benzene rings is 2. The van der Waals surface area contributed by atoms with Crippen molar-refractivity contribution >= 4 is 5.91 Å². The Morgan fingerprint density at radius 3 is 2.46 bits per heavy atom. The van der Waals surface area contributed by atoms with Gasteiger partial charge in [0.05, 0.1) is 20.8 Å². The maximum Gasteiger partial charge on any atom is 0.220 e. The molecule has 2 aromatic carbocycles. The second-order valence-electron chi connectivity index (χ2n) is 5.20. The second kappa shape index (κ2) is 9.45. The lowest BCUT2D eigenvalue weighted by atomic mass is 10.1. The summed E-state index contributed by atoms with van der Waals surface area (Å²) in [6.07, 6.45) is 1.06. The number of nitrogens with one attached hydrogen (secondary N) is 1. The summed E-state index contributed by atoms with van der Waals surface area (Å²) in [5.74, 6) is 2.16. The minimum Gasteiger partial charge on any atom is -0.493 e. The smallest absolute Gasteiger partial charge is 0.220 e. The number of carbonyl (C=O) groups excluding carboxylic acids is 1. The van der Waals surface area contributed by atoms with Crippen molar-refractivity contribution in [1.29, 1.82) is 0 Å². The first-order valence-electron chi connectivity index (χ1n) is 7.88. The van der Waals surface area contributed by atoms with Crippen LogP contribution in [0.5, 0.6) is 17.2 Å². The van der Waals surface area contributed by atoms with Gasteiger partial charge in [0, 0.05) is 6.42 Å². The van der Waals surface area contributed by atoms with Crippen LogP contribution in [0.4, 0.5) is 0 Å². The van der Waals surface area contributed by atoms with E-state index in [0.717, 1.165) is 11.3 Å². The lowest BCUT2D eigenvalue weighted by Gasteiger charge is -2.10. The van der Waals surface area contributed by atoms with Crippen molar-refractivity contribution in [3.8, 4) is 17.2 Å². The van der Waals surface area contributed by atoms with Crippen LogP contribution in [0.25, 0.3) is 0 Å². The summed E-state index contributed by atoms with van der Waals surface area (Å²) in [4.78, 5) is 11.9. The molecule has 0 aliphatic heterocycles. The number of carbonyl (C=O) groups is 1. The molecule has 5 heteroatoms. The third kappa shape index (κ3) is 5.50. The van der Waals surface area contributed by atoms with E-state index in [2.05, 4.69) is 5.32 Å². The van der Waals surface area contributed by atoms with E-state index in [1.807, 2.05) is 48.5 Å². The van der Waals surface area contributed by atoms with Gasteiger partial charge in [-0.2, -0.15) is 0 Å². The predicted octanol–water partition coefficient (Wildman–Crippen LogP) is 2.83. The zero-order chi connectivity index (χ0) is 17.2. The fourth-order valence-electron chi connectivity index (χ4n) is 2.26. The van der Waals surface area contributed by atoms with Crippen molar-refractivity contribution < 1.29 is 19.0 Å². The Kier molecular flexibility index (Phi) is 6.95. The summed E-state index contributed by atoms with van der Waals surface area (Å²) in [6.45, 7) is 0.936. The molecule has 5 nitrogen and oxygen atoms in total. The molecular weight excluding hydrogens is 306 g/mol. The fourth-order valence-corrected chi connectivity index (χ4v) is 2.26. The highest BCUT2D eigenvalue weighted by Crippen LogP contribution is 2.27. The van der Waals surface area contributed by atoms with E-state index in [1.54, 1.807) is 14.2 Å². The molecule has 0 saturated heterocycles. The highest BCUT2D eigenvalue weighted by molar-refractivity contribution is 5.76. The summed E-state index contributed by atoms with van der Waals surface area (Å²) in [5.41, 5.74) is 1.03. The monoisotopic (exact) mass is 329 g/mol. The lowest BCUT2D eigenvalue weighted by Crippen LogP contribution is -2.28. The van der Waals surface area contributed by atoms with E-state index >= 15 is 0 Å². The Hall–Kier alpha value is -2.69. The van der Waals surface area contributed by atoms with Gasteiger partial charge in [0.1, 0.15) is 12.4 Å². The molecule has 0 heterocycles. The molecule has 128 valence electrons. The van der Waals surface area contributed by atoms with E-state index in [4.69, 9.17) is 14.2 Å². The molecule has 2 aromatic rings. The molecule has 1 N–H and O–H groups in total. The van der Waals surface area contributed by atoms with E-state index < -0.39 is 0 Å². The summed E-state index contributed by atoms with van der Waals surface area (Å²) >= 11 is 0. The normalized spacial score (nSPS) is 10.1. The zero-order valence-corrected chi connectivity index (χ0v) is 14.1. The number of para-hydroxylation sites is 1. The average Bonchev–Trinajstić information content (AvgIpc) is 2.64. The Labute approximate surface area is 142 Å². The highest BCUT2D eigenvalue weighted by atomic mass is 16.5. The van der Waals surface area contributed by atoms with Gasteiger partial charge in [-0.15, -0.1) is 0 Å². The first-order valence-corrected chi connectivity index (χ1v) is 7.88. The summed E-state index contributed by atoms with van der Waals surface area (Å²) in [5, 5.41) is 2.85. The van der Waals surface area contributed by atoms with E-state index in [9.17, 15) is 4.79 Å². The van der Waals surface area contributed by atoms with E-state index in [0.29, 0.717) is 37.5 Å². The van der Waals surface area contributed by atoms with Crippen LogP contribution in [0.3, 0.4) is 0 Å². The van der Waals surface area contributed by atoms with Gasteiger partial charge < -0.3 is 19.5 Å². The summed E-state index contributed by atoms with van der Waals surface area (Å²) < 4.78 is 16.0. The third-order valence-electron chi connectivity index (χ3n) is 3.52. The van der Waals surface area contributed by atoms with Crippen molar-refractivity contribution in [2.24, 2.45) is 0 Å². The number of hydrogen-bond acceptors (Lipinski definition) is 4. The van der Waals surface area contributed by atoms with Gasteiger partial charge in [-0.05, 0) is 36.2 Å². The number of amides is 1. The van der Waals surface area contributed by atoms with Gasteiger partial charge in [-0.3, -0.25) is 4.79 Å². The largest absolute Gasteiger partial charge is 0.493 e. The molecule has 0 fully saturated rings. The lowest BCUT2D eigenvalue weighted by molar-refractivity contribution is -0.121. The molecule has 0 aliphatic carbocycles. The first kappa shape index (κ1) is 17.7. The molecule has 0 aromatic heterocycles. The molecule has 0 spiro atoms. The molecule has 0 saturated carbocycles. The van der Waals surface area contributed by atoms with Crippen LogP contribution >= 0.6 is 0 Å². The van der Waals surface area contributed by atoms with Gasteiger partial charge >= 0.3 is 0 Å². The van der Waals surface area contributed by atoms with E-state index in [1.165, 1.54) is 0 Å². The fraction of sp³-hybridized carbons (Fsp3) is 0.316. The number of methoxy groups -OCH3 is 2. The van der Waals surface area contributed by atoms with Gasteiger partial charge in [0.2, 0.25) is 5.91 Å². The minimum absolute atomic E-state index is 0.00134. The van der Waals surface area contributed by atoms with Crippen LogP contribution in [0.15, 0.2) is 48.5 Å². The predicted molar refractivity (Wildman–Crippen MR) is 92.8 cm³/mol. The topological polar surface area (TPSA) is 56.8 Å². The van der Waals surface area contributed by atoms with Crippen LogP contribution in [-0.2, 0) is 11.2 Å². The highest BCUT2D eigenvalue weighted by Gasteiger charge is 2.07. The number of ether oxygens (including phenoxy) is 3. The van der Waals surface area contributed by atoms with Gasteiger partial charge in [0.15, 0.2) is 11.5 Å². The average molecular weight is 329 g/mol. The minimum atomic E-state index is 0.00134. The van der Waals surface area contributed by atoms with Gasteiger partial charge in [-0.1, -0.05) is 24.3 Å². The number of aryl methyl sites for hydroxylation is 1. The van der Waals surface area contributed by atoms with Crippen LogP contribution < -0.4 is 19.5 Å². The first-order chi connectivity index (χ1) is 11.7. The SMILES string of the molecule is COc1ccc(CCC(=O)NCCOc2ccccc2)cc1OC. The van der Waals surface area contributed by atoms with Crippen molar-refractivity contribution in [2.75, 3.05) is 27.4 Å². The molecule has 0 aliphatic rings. The van der Waals surface area contributed by atoms with E-state index in [-0.39, 0.29) is 5.91 Å². The molecule has 0 radical (unpaired) electrons. The standard InChI is InChI=1S/C19H23NO4/c1-22-17-10-8-15(14-18(17)23-2)9-11-19(21)20-12-13-24-16-6-4-3-5-7-16/h3-8,10,14H,9,11-13H2,1-2H3,(H,20,21). The Morgan fingerprint density at radius 1 is 1.00 bits per heavy atom. The maximum absolute atomic E-state index is 11.9. The second-order valence-corrected chi connectivity index (χ2v) is 5.20. The van der Waals surface area contributed by atoms with Crippen molar-refractivity contribution in [2.45, 2.75) is 12.8 Å². The van der Waals surface area contributed by atoms with Crippen molar-refractivity contribution in [3.05, 3.63) is 54.1 Å². The Balaban J connectivity index is 1.69. The Bertz CT molecular complexity index is 643. The van der Waals surface area contributed by atoms with Crippen LogP contribution in [0, 0.1) is 0 Å². The van der Waals surface area contributed by atoms with Gasteiger partial charge in [0.25, 0.3) is 0 Å². The van der Waals surface area contributed by atoms with Crippen molar-refractivity contribution in [3.63, 3.8) is 0 Å². The number of rotatable bonds is 9. The molecule has 0 atom stereocenters. The zero-order valence-electron chi connectivity index (χ0n) is 14.1. The molecule has 24 heavy (non-hydrogen) atoms. The molecule has 1 amide bonds. The maximum atomic E-state index is 11.9. The van der Waals surface area contributed by atoms with Crippen molar-refractivity contribution in [1.82, 2.24) is 5.32 Å². The van der Waals surface area contributed by atoms with Crippen LogP contribution in [0.2, 0.25) is 0 Å². The molecule has 0 bridgehead atoms. The van der Waals surface area contributed by atoms with Crippen LogP contribution in [-0.4, -0.2) is 33.3 Å². The summed E-state index contributed by atoms with van der Waals surface area (Å²) in [7, 11) is 3.20. The molecule has 2 rings (SSSR count). The Morgan fingerprint density at radius 2 is 1.75 bits per heavy atom. The summed E-state index contributed by atoms with van der Waals surface area (Å²) in [6, 6.07) is 15.2. The molecular formula is C19H23NO4. The molecule has 0 unspecified atom stereocenters. The quantitative estimate of drug-likeness (QED) is 0.719. The van der Waals surface area contributed by atoms with Gasteiger partial charge in [-0.25, -0.2) is 0 Å². The number of hydrogen-bond donors (Lipinski definition) is 1.